The van der Waals surface area contributed by atoms with E-state index in [0.29, 0.717) is 6.04 Å². The molecule has 2 rings (SSSR count). The first kappa shape index (κ1) is 13.3. The fourth-order valence-corrected chi connectivity index (χ4v) is 2.92. The molecule has 0 amide bonds. The van der Waals surface area contributed by atoms with E-state index in [4.69, 9.17) is 5.73 Å². The Morgan fingerprint density at radius 3 is 2.89 bits per heavy atom. The van der Waals surface area contributed by atoms with Crippen molar-refractivity contribution in [2.24, 2.45) is 5.73 Å². The van der Waals surface area contributed by atoms with Crippen LogP contribution >= 0.6 is 0 Å². The molecule has 100 valence electrons. The van der Waals surface area contributed by atoms with Crippen LogP contribution in [-0.2, 0) is 0 Å². The van der Waals surface area contributed by atoms with Crippen LogP contribution in [0.3, 0.4) is 0 Å². The van der Waals surface area contributed by atoms with Gasteiger partial charge in [-0.25, -0.2) is 4.39 Å². The number of hydrogen-bond acceptors (Lipinski definition) is 2. The van der Waals surface area contributed by atoms with Crippen molar-refractivity contribution in [2.75, 3.05) is 11.4 Å². The minimum atomic E-state index is -0.134. The maximum atomic E-state index is 14.2. The van der Waals surface area contributed by atoms with Crippen LogP contribution in [0.1, 0.15) is 51.1 Å². The molecule has 1 saturated heterocycles. The Morgan fingerprint density at radius 2 is 2.22 bits per heavy atom. The lowest BCUT2D eigenvalue weighted by Gasteiger charge is -2.39. The highest BCUT2D eigenvalue weighted by Gasteiger charge is 2.26. The van der Waals surface area contributed by atoms with E-state index in [-0.39, 0.29) is 11.9 Å². The number of benzene rings is 1. The largest absolute Gasteiger partial charge is 0.366 e. The first-order valence-corrected chi connectivity index (χ1v) is 6.95. The third-order valence-electron chi connectivity index (χ3n) is 3.89. The van der Waals surface area contributed by atoms with Gasteiger partial charge in [-0.3, -0.25) is 0 Å². The van der Waals surface area contributed by atoms with Crippen molar-refractivity contribution < 1.29 is 4.39 Å². The zero-order valence-electron chi connectivity index (χ0n) is 11.3. The first-order chi connectivity index (χ1) is 8.65. The molecule has 1 aliphatic heterocycles. The van der Waals surface area contributed by atoms with Gasteiger partial charge in [-0.15, -0.1) is 0 Å². The number of rotatable bonds is 3. The molecule has 0 spiro atoms. The zero-order chi connectivity index (χ0) is 13.1. The van der Waals surface area contributed by atoms with Gasteiger partial charge in [-0.05, 0) is 44.2 Å². The van der Waals surface area contributed by atoms with E-state index < -0.39 is 0 Å². The SMILES string of the molecule is CCC1CCCCN1c1c(F)cccc1[C@H](C)N. The minimum Gasteiger partial charge on any atom is -0.366 e. The fraction of sp³-hybridized carbons (Fsp3) is 0.600. The number of hydrogen-bond donors (Lipinski definition) is 1. The van der Waals surface area contributed by atoms with Crippen molar-refractivity contribution in [3.05, 3.63) is 29.6 Å². The molecule has 1 aliphatic rings. The van der Waals surface area contributed by atoms with Gasteiger partial charge in [-0.1, -0.05) is 19.1 Å². The second-order valence-electron chi connectivity index (χ2n) is 5.22. The molecule has 18 heavy (non-hydrogen) atoms. The van der Waals surface area contributed by atoms with Crippen molar-refractivity contribution in [2.45, 2.75) is 51.6 Å². The summed E-state index contributed by atoms with van der Waals surface area (Å²) in [5.41, 5.74) is 7.65. The van der Waals surface area contributed by atoms with Gasteiger partial charge in [0, 0.05) is 18.6 Å². The number of halogens is 1. The predicted octanol–water partition coefficient (Wildman–Crippen LogP) is 3.61. The summed E-state index contributed by atoms with van der Waals surface area (Å²) in [5.74, 6) is -0.134. The highest BCUT2D eigenvalue weighted by Crippen LogP contribution is 2.33. The smallest absolute Gasteiger partial charge is 0.146 e. The van der Waals surface area contributed by atoms with Gasteiger partial charge >= 0.3 is 0 Å². The van der Waals surface area contributed by atoms with Gasteiger partial charge in [0.2, 0.25) is 0 Å². The molecule has 1 fully saturated rings. The van der Waals surface area contributed by atoms with Crippen LogP contribution in [-0.4, -0.2) is 12.6 Å². The first-order valence-electron chi connectivity index (χ1n) is 6.95. The van der Waals surface area contributed by atoms with Crippen molar-refractivity contribution in [1.82, 2.24) is 0 Å². The van der Waals surface area contributed by atoms with Gasteiger partial charge in [0.05, 0.1) is 5.69 Å². The summed E-state index contributed by atoms with van der Waals surface area (Å²) in [6.07, 6.45) is 4.61. The summed E-state index contributed by atoms with van der Waals surface area (Å²) in [4.78, 5) is 2.23. The molecule has 2 atom stereocenters. The summed E-state index contributed by atoms with van der Waals surface area (Å²) in [6, 6.07) is 5.57. The maximum absolute atomic E-state index is 14.2. The van der Waals surface area contributed by atoms with Crippen LogP contribution < -0.4 is 10.6 Å². The van der Waals surface area contributed by atoms with E-state index in [0.717, 1.165) is 37.1 Å². The van der Waals surface area contributed by atoms with Crippen molar-refractivity contribution >= 4 is 5.69 Å². The van der Waals surface area contributed by atoms with Crippen LogP contribution in [0.2, 0.25) is 0 Å². The minimum absolute atomic E-state index is 0.130. The van der Waals surface area contributed by atoms with Crippen LogP contribution in [0.15, 0.2) is 18.2 Å². The molecule has 0 aromatic heterocycles. The Morgan fingerprint density at radius 1 is 1.44 bits per heavy atom. The molecule has 1 aromatic carbocycles. The Bertz CT molecular complexity index is 403. The summed E-state index contributed by atoms with van der Waals surface area (Å²) >= 11 is 0. The van der Waals surface area contributed by atoms with Crippen LogP contribution in [0, 0.1) is 5.82 Å². The molecule has 0 saturated carbocycles. The fourth-order valence-electron chi connectivity index (χ4n) is 2.92. The van der Waals surface area contributed by atoms with Crippen molar-refractivity contribution in [3.63, 3.8) is 0 Å². The number of nitrogens with two attached hydrogens (primary N) is 1. The van der Waals surface area contributed by atoms with Crippen LogP contribution in [0.5, 0.6) is 0 Å². The van der Waals surface area contributed by atoms with Gasteiger partial charge in [-0.2, -0.15) is 0 Å². The van der Waals surface area contributed by atoms with Gasteiger partial charge in [0.25, 0.3) is 0 Å². The molecule has 1 heterocycles. The number of piperidine rings is 1. The van der Waals surface area contributed by atoms with Gasteiger partial charge in [0.1, 0.15) is 5.82 Å². The lowest BCUT2D eigenvalue weighted by Crippen LogP contribution is -2.40. The zero-order valence-corrected chi connectivity index (χ0v) is 11.3. The lowest BCUT2D eigenvalue weighted by atomic mass is 9.96. The summed E-state index contributed by atoms with van der Waals surface area (Å²) in [5, 5.41) is 0. The summed E-state index contributed by atoms with van der Waals surface area (Å²) in [7, 11) is 0. The topological polar surface area (TPSA) is 29.3 Å². The third-order valence-corrected chi connectivity index (χ3v) is 3.89. The lowest BCUT2D eigenvalue weighted by molar-refractivity contribution is 0.441. The van der Waals surface area contributed by atoms with Crippen molar-refractivity contribution in [3.8, 4) is 0 Å². The molecule has 0 radical (unpaired) electrons. The van der Waals surface area contributed by atoms with E-state index in [1.807, 2.05) is 13.0 Å². The van der Waals surface area contributed by atoms with Gasteiger partial charge in [0.15, 0.2) is 0 Å². The van der Waals surface area contributed by atoms with E-state index >= 15 is 0 Å². The second kappa shape index (κ2) is 5.70. The number of para-hydroxylation sites is 1. The Kier molecular flexibility index (Phi) is 4.23. The van der Waals surface area contributed by atoms with E-state index in [1.54, 1.807) is 12.1 Å². The average Bonchev–Trinajstić information content (AvgIpc) is 2.38. The molecule has 2 N–H and O–H groups in total. The molecule has 0 aliphatic carbocycles. The van der Waals surface area contributed by atoms with E-state index in [2.05, 4.69) is 11.8 Å². The van der Waals surface area contributed by atoms with E-state index in [1.165, 1.54) is 6.42 Å². The molecular weight excluding hydrogens is 227 g/mol. The Balaban J connectivity index is 2.41. The Labute approximate surface area is 109 Å². The maximum Gasteiger partial charge on any atom is 0.146 e. The highest BCUT2D eigenvalue weighted by atomic mass is 19.1. The molecule has 1 aromatic rings. The predicted molar refractivity (Wildman–Crippen MR) is 74.3 cm³/mol. The van der Waals surface area contributed by atoms with Gasteiger partial charge < -0.3 is 10.6 Å². The van der Waals surface area contributed by atoms with E-state index in [9.17, 15) is 4.39 Å². The van der Waals surface area contributed by atoms with Crippen molar-refractivity contribution in [1.29, 1.82) is 0 Å². The third kappa shape index (κ3) is 2.51. The van der Waals surface area contributed by atoms with Crippen LogP contribution in [0.25, 0.3) is 0 Å². The monoisotopic (exact) mass is 250 g/mol. The standard InChI is InChI=1S/C15H23FN2/c1-3-12-7-4-5-10-18(12)15-13(11(2)17)8-6-9-14(15)16/h6,8-9,11-12H,3-5,7,10,17H2,1-2H3/t11-,12?/m0/s1. The number of nitrogens with zero attached hydrogens (tertiary/aromatic N) is 1. The molecule has 3 heteroatoms. The second-order valence-corrected chi connectivity index (χ2v) is 5.22. The Hall–Kier alpha value is -1.09. The molecular formula is C15H23FN2. The molecule has 2 nitrogen and oxygen atoms in total. The summed E-state index contributed by atoms with van der Waals surface area (Å²) in [6.45, 7) is 5.04. The summed E-state index contributed by atoms with van der Waals surface area (Å²) < 4.78 is 14.2. The van der Waals surface area contributed by atoms with Crippen LogP contribution in [0.4, 0.5) is 10.1 Å². The molecule has 0 bridgehead atoms. The number of anilines is 1. The quantitative estimate of drug-likeness (QED) is 0.888. The normalized spacial score (nSPS) is 22.0. The molecule has 1 unspecified atom stereocenters. The average molecular weight is 250 g/mol. The highest BCUT2D eigenvalue weighted by molar-refractivity contribution is 5.57.